The topological polar surface area (TPSA) is 56.8 Å². The molecule has 0 aliphatic carbocycles. The molecule has 0 amide bonds. The van der Waals surface area contributed by atoms with E-state index >= 15 is 0 Å². The lowest BCUT2D eigenvalue weighted by Crippen LogP contribution is -2.43. The first-order valence-corrected chi connectivity index (χ1v) is 6.23. The van der Waals surface area contributed by atoms with Gasteiger partial charge in [0, 0.05) is 5.92 Å². The molecule has 2 saturated heterocycles. The van der Waals surface area contributed by atoms with Gasteiger partial charge in [0.25, 0.3) is 0 Å². The predicted octanol–water partition coefficient (Wildman–Crippen LogP) is 0.681. The van der Waals surface area contributed by atoms with Crippen LogP contribution in [0, 0.1) is 5.92 Å². The van der Waals surface area contributed by atoms with Crippen LogP contribution in [0.2, 0.25) is 0 Å². The van der Waals surface area contributed by atoms with E-state index in [9.17, 15) is 4.79 Å². The van der Waals surface area contributed by atoms with E-state index < -0.39 is 5.79 Å². The van der Waals surface area contributed by atoms with Crippen molar-refractivity contribution >= 4 is 5.97 Å². The minimum absolute atomic E-state index is 0.165. The molecule has 2 atom stereocenters. The molecule has 0 aromatic carbocycles. The van der Waals surface area contributed by atoms with Gasteiger partial charge >= 0.3 is 5.97 Å². The summed E-state index contributed by atoms with van der Waals surface area (Å²) in [5.74, 6) is -0.361. The van der Waals surface area contributed by atoms with E-state index in [-0.39, 0.29) is 18.5 Å². The van der Waals surface area contributed by atoms with E-state index in [4.69, 9.17) is 9.47 Å². The molecule has 5 nitrogen and oxygen atoms in total. The minimum Gasteiger partial charge on any atom is -0.469 e. The molecule has 0 radical (unpaired) electrons. The van der Waals surface area contributed by atoms with E-state index in [0.717, 1.165) is 25.9 Å². The number of esters is 1. The van der Waals surface area contributed by atoms with Gasteiger partial charge in [-0.25, -0.2) is 0 Å². The highest BCUT2D eigenvalue weighted by molar-refractivity contribution is 5.69. The number of carbonyl (C=O) groups excluding carboxylic acids is 1. The zero-order valence-corrected chi connectivity index (χ0v) is 10.5. The number of methoxy groups -OCH3 is 1. The zero-order chi connectivity index (χ0) is 12.3. The van der Waals surface area contributed by atoms with E-state index in [1.54, 1.807) is 0 Å². The molecular formula is C12H21NO4. The maximum Gasteiger partial charge on any atom is 0.308 e. The SMILES string of the molecule is COC(=O)CC1COC(C)(C2CCNCC2)O1. The predicted molar refractivity (Wildman–Crippen MR) is 61.5 cm³/mol. The van der Waals surface area contributed by atoms with Crippen molar-refractivity contribution in [1.29, 1.82) is 0 Å². The lowest BCUT2D eigenvalue weighted by molar-refractivity contribution is -0.197. The van der Waals surface area contributed by atoms with Gasteiger partial charge in [0.15, 0.2) is 5.79 Å². The number of piperidine rings is 1. The maximum absolute atomic E-state index is 11.2. The third kappa shape index (κ3) is 2.97. The monoisotopic (exact) mass is 243 g/mol. The smallest absolute Gasteiger partial charge is 0.308 e. The second-order valence-corrected chi connectivity index (χ2v) is 4.87. The van der Waals surface area contributed by atoms with Gasteiger partial charge in [-0.3, -0.25) is 4.79 Å². The van der Waals surface area contributed by atoms with E-state index in [1.807, 2.05) is 6.92 Å². The molecule has 2 heterocycles. The van der Waals surface area contributed by atoms with Crippen LogP contribution in [0.15, 0.2) is 0 Å². The Kier molecular flexibility index (Phi) is 4.01. The molecular weight excluding hydrogens is 222 g/mol. The molecule has 1 N–H and O–H groups in total. The molecule has 0 aromatic rings. The Morgan fingerprint density at radius 2 is 2.18 bits per heavy atom. The minimum atomic E-state index is -0.527. The summed E-state index contributed by atoms with van der Waals surface area (Å²) in [5, 5.41) is 3.32. The van der Waals surface area contributed by atoms with Crippen LogP contribution in [-0.2, 0) is 19.0 Å². The molecule has 2 aliphatic rings. The van der Waals surface area contributed by atoms with Crippen molar-refractivity contribution < 1.29 is 19.0 Å². The fourth-order valence-electron chi connectivity index (χ4n) is 2.59. The molecule has 0 bridgehead atoms. The van der Waals surface area contributed by atoms with E-state index in [0.29, 0.717) is 12.5 Å². The fraction of sp³-hybridized carbons (Fsp3) is 0.917. The van der Waals surface area contributed by atoms with Crippen LogP contribution < -0.4 is 5.32 Å². The third-order valence-corrected chi connectivity index (χ3v) is 3.66. The maximum atomic E-state index is 11.2. The average molecular weight is 243 g/mol. The van der Waals surface area contributed by atoms with Crippen LogP contribution in [-0.4, -0.2) is 44.7 Å². The number of rotatable bonds is 3. The van der Waals surface area contributed by atoms with E-state index in [2.05, 4.69) is 10.1 Å². The number of hydrogen-bond acceptors (Lipinski definition) is 5. The highest BCUT2D eigenvalue weighted by Crippen LogP contribution is 2.36. The molecule has 2 fully saturated rings. The van der Waals surface area contributed by atoms with Gasteiger partial charge in [-0.2, -0.15) is 0 Å². The molecule has 2 rings (SSSR count). The molecule has 98 valence electrons. The molecule has 2 unspecified atom stereocenters. The van der Waals surface area contributed by atoms with E-state index in [1.165, 1.54) is 7.11 Å². The van der Waals surface area contributed by atoms with Crippen molar-refractivity contribution in [3.63, 3.8) is 0 Å². The summed E-state index contributed by atoms with van der Waals surface area (Å²) in [6, 6.07) is 0. The number of nitrogens with one attached hydrogen (secondary N) is 1. The van der Waals surface area contributed by atoms with Crippen molar-refractivity contribution in [2.45, 2.75) is 38.1 Å². The van der Waals surface area contributed by atoms with Gasteiger partial charge in [-0.1, -0.05) is 0 Å². The molecule has 2 aliphatic heterocycles. The van der Waals surface area contributed by atoms with Crippen LogP contribution in [0.4, 0.5) is 0 Å². The Morgan fingerprint density at radius 1 is 1.47 bits per heavy atom. The molecule has 0 aromatic heterocycles. The van der Waals surface area contributed by atoms with Crippen LogP contribution in [0.5, 0.6) is 0 Å². The lowest BCUT2D eigenvalue weighted by Gasteiger charge is -2.35. The summed E-state index contributed by atoms with van der Waals surface area (Å²) < 4.78 is 16.3. The van der Waals surface area contributed by atoms with Crippen LogP contribution in [0.25, 0.3) is 0 Å². The van der Waals surface area contributed by atoms with Crippen molar-refractivity contribution in [2.75, 3.05) is 26.8 Å². The molecule has 0 spiro atoms. The third-order valence-electron chi connectivity index (χ3n) is 3.66. The Morgan fingerprint density at radius 3 is 2.82 bits per heavy atom. The number of carbonyl (C=O) groups is 1. The van der Waals surface area contributed by atoms with Crippen molar-refractivity contribution in [2.24, 2.45) is 5.92 Å². The van der Waals surface area contributed by atoms with Gasteiger partial charge in [0.1, 0.15) is 0 Å². The fourth-order valence-corrected chi connectivity index (χ4v) is 2.59. The second kappa shape index (κ2) is 5.33. The van der Waals surface area contributed by atoms with Gasteiger partial charge in [-0.05, 0) is 32.9 Å². The summed E-state index contributed by atoms with van der Waals surface area (Å²) in [5.41, 5.74) is 0. The van der Waals surface area contributed by atoms with Crippen molar-refractivity contribution in [3.05, 3.63) is 0 Å². The van der Waals surface area contributed by atoms with Gasteiger partial charge in [0.05, 0.1) is 26.2 Å². The standard InChI is InChI=1S/C12H21NO4/c1-12(9-3-5-13-6-4-9)16-8-10(17-12)7-11(14)15-2/h9-10,13H,3-8H2,1-2H3. The van der Waals surface area contributed by atoms with Crippen LogP contribution >= 0.6 is 0 Å². The van der Waals surface area contributed by atoms with Gasteiger partial charge in [-0.15, -0.1) is 0 Å². The summed E-state index contributed by atoms with van der Waals surface area (Å²) in [4.78, 5) is 11.2. The summed E-state index contributed by atoms with van der Waals surface area (Å²) >= 11 is 0. The second-order valence-electron chi connectivity index (χ2n) is 4.87. The Balaban J connectivity index is 1.88. The normalized spacial score (nSPS) is 34.8. The largest absolute Gasteiger partial charge is 0.469 e. The van der Waals surface area contributed by atoms with Crippen LogP contribution in [0.1, 0.15) is 26.2 Å². The number of ether oxygens (including phenoxy) is 3. The highest BCUT2D eigenvalue weighted by atomic mass is 16.7. The highest BCUT2D eigenvalue weighted by Gasteiger charge is 2.44. The Hall–Kier alpha value is -0.650. The summed E-state index contributed by atoms with van der Waals surface area (Å²) in [6.45, 7) is 4.49. The quantitative estimate of drug-likeness (QED) is 0.739. The molecule has 5 heteroatoms. The first-order chi connectivity index (χ1) is 8.14. The van der Waals surface area contributed by atoms with Crippen molar-refractivity contribution in [3.8, 4) is 0 Å². The van der Waals surface area contributed by atoms with Gasteiger partial charge < -0.3 is 19.5 Å². The van der Waals surface area contributed by atoms with Crippen LogP contribution in [0.3, 0.4) is 0 Å². The first-order valence-electron chi connectivity index (χ1n) is 6.23. The number of hydrogen-bond donors (Lipinski definition) is 1. The average Bonchev–Trinajstić information content (AvgIpc) is 2.73. The zero-order valence-electron chi connectivity index (χ0n) is 10.5. The first kappa shape index (κ1) is 12.8. The van der Waals surface area contributed by atoms with Gasteiger partial charge in [0.2, 0.25) is 0 Å². The lowest BCUT2D eigenvalue weighted by atomic mass is 9.90. The summed E-state index contributed by atoms with van der Waals surface area (Å²) in [6.07, 6.45) is 2.22. The summed E-state index contributed by atoms with van der Waals surface area (Å²) in [7, 11) is 1.39. The Labute approximate surface area is 102 Å². The van der Waals surface area contributed by atoms with Crippen molar-refractivity contribution in [1.82, 2.24) is 5.32 Å². The molecule has 17 heavy (non-hydrogen) atoms. The Bertz CT molecular complexity index is 278. The molecule has 0 saturated carbocycles.